The molecule has 0 saturated carbocycles. The van der Waals surface area contributed by atoms with Gasteiger partial charge in [0, 0.05) is 10.9 Å². The summed E-state index contributed by atoms with van der Waals surface area (Å²) in [5.74, 6) is -1.40. The van der Waals surface area contributed by atoms with Gasteiger partial charge in [0.25, 0.3) is 0 Å². The number of hydrogen-bond donors (Lipinski definition) is 7. The maximum atomic E-state index is 10.9. The first kappa shape index (κ1) is 14.0. The minimum absolute atomic E-state index is 0.0484. The van der Waals surface area contributed by atoms with E-state index >= 15 is 0 Å². The van der Waals surface area contributed by atoms with E-state index in [2.05, 4.69) is 9.71 Å². The van der Waals surface area contributed by atoms with E-state index in [1.807, 2.05) is 0 Å². The second-order valence-corrected chi connectivity index (χ2v) is 6.34. The zero-order valence-corrected chi connectivity index (χ0v) is 11.3. The van der Waals surface area contributed by atoms with Gasteiger partial charge in [-0.3, -0.25) is 13.4 Å². The normalized spacial score (nSPS) is 22.6. The molecule has 10 heteroatoms. The monoisotopic (exact) mass is 315 g/mol. The van der Waals surface area contributed by atoms with Gasteiger partial charge in [0.05, 0.1) is 6.54 Å². The van der Waals surface area contributed by atoms with Crippen LogP contribution in [0.15, 0.2) is 18.2 Å². The molecule has 7 N–H and O–H groups in total. The molecule has 1 aliphatic heterocycles. The van der Waals surface area contributed by atoms with Gasteiger partial charge >= 0.3 is 5.97 Å². The van der Waals surface area contributed by atoms with Gasteiger partial charge in [-0.15, -0.1) is 0 Å². The molecule has 2 heterocycles. The van der Waals surface area contributed by atoms with Crippen LogP contribution >= 0.6 is 11.0 Å². The van der Waals surface area contributed by atoms with Gasteiger partial charge in [0.2, 0.25) is 0 Å². The Morgan fingerprint density at radius 1 is 1.33 bits per heavy atom. The highest BCUT2D eigenvalue weighted by molar-refractivity contribution is 8.24. The first-order valence-corrected chi connectivity index (χ1v) is 7.38. The Hall–Kier alpha value is -1.98. The van der Waals surface area contributed by atoms with Gasteiger partial charge in [0.15, 0.2) is 0 Å². The van der Waals surface area contributed by atoms with Gasteiger partial charge in [0.1, 0.15) is 23.4 Å². The largest absolute Gasteiger partial charge is 0.506 e. The first-order valence-electron chi connectivity index (χ1n) is 5.88. The zero-order valence-electron chi connectivity index (χ0n) is 10.5. The van der Waals surface area contributed by atoms with Gasteiger partial charge in [-0.1, -0.05) is 11.0 Å². The number of aromatic amines is 1. The molecule has 0 bridgehead atoms. The Morgan fingerprint density at radius 3 is 2.62 bits per heavy atom. The molecule has 9 nitrogen and oxygen atoms in total. The number of nitrogens with one attached hydrogen (secondary N) is 2. The Morgan fingerprint density at radius 2 is 2.05 bits per heavy atom. The molecule has 0 spiro atoms. The van der Waals surface area contributed by atoms with Gasteiger partial charge in [-0.2, -0.15) is 4.72 Å². The number of fused-ring (bicyclic) bond motifs is 1. The van der Waals surface area contributed by atoms with E-state index in [4.69, 9.17) is 5.11 Å². The van der Waals surface area contributed by atoms with Crippen molar-refractivity contribution in [1.82, 2.24) is 9.71 Å². The third kappa shape index (κ3) is 2.28. The fourth-order valence-corrected chi connectivity index (χ4v) is 3.59. The number of carbonyl (C=O) groups is 1. The van der Waals surface area contributed by atoms with Crippen LogP contribution in [0.2, 0.25) is 0 Å². The standard InChI is InChI=1S/C11H13N3O6S/c15-9-2-5-1-7(11(17)18)12-6(5)3-8(9)14-4-10(16)13-21(14,19)20/h1-3,10,12-13,15-16,19-20H,4H2,(H,17,18). The zero-order chi connectivity index (χ0) is 15.4. The van der Waals surface area contributed by atoms with Crippen LogP contribution in [0, 0.1) is 0 Å². The molecule has 1 aromatic heterocycles. The van der Waals surface area contributed by atoms with E-state index in [1.54, 1.807) is 0 Å². The van der Waals surface area contributed by atoms with Gasteiger partial charge < -0.3 is 20.3 Å². The van der Waals surface area contributed by atoms with Crippen molar-refractivity contribution in [2.24, 2.45) is 0 Å². The molecule has 1 fully saturated rings. The Labute approximate surface area is 120 Å². The maximum absolute atomic E-state index is 10.9. The number of aliphatic hydroxyl groups excluding tert-OH is 1. The molecule has 0 amide bonds. The molecular weight excluding hydrogens is 302 g/mol. The predicted octanol–water partition coefficient (Wildman–Crippen LogP) is 0.880. The second-order valence-electron chi connectivity index (χ2n) is 4.63. The second kappa shape index (κ2) is 4.51. The number of aliphatic hydroxyl groups is 1. The molecular formula is C11H13N3O6S. The van der Waals surface area contributed by atoms with Crippen LogP contribution < -0.4 is 9.03 Å². The lowest BCUT2D eigenvalue weighted by atomic mass is 10.2. The first-order chi connectivity index (χ1) is 9.78. The molecule has 1 atom stereocenters. The van der Waals surface area contributed by atoms with Crippen molar-refractivity contribution < 1.29 is 29.2 Å². The van der Waals surface area contributed by atoms with Crippen LogP contribution in [0.1, 0.15) is 10.5 Å². The number of β-amino-alcohol motifs (C(OH)–C–C–N with tert-alkyl or cyclic N) is 1. The number of aromatic nitrogens is 1. The lowest BCUT2D eigenvalue weighted by Gasteiger charge is -2.36. The maximum Gasteiger partial charge on any atom is 0.352 e. The average Bonchev–Trinajstić information content (AvgIpc) is 2.88. The molecule has 21 heavy (non-hydrogen) atoms. The number of H-pyrrole nitrogens is 1. The number of phenolic OH excluding ortho intramolecular Hbond substituents is 1. The van der Waals surface area contributed by atoms with E-state index in [0.717, 1.165) is 4.31 Å². The molecule has 3 rings (SSSR count). The van der Waals surface area contributed by atoms with Crippen molar-refractivity contribution in [1.29, 1.82) is 0 Å². The molecule has 2 aromatic rings. The number of nitrogens with zero attached hydrogens (tertiary/aromatic N) is 1. The summed E-state index contributed by atoms with van der Waals surface area (Å²) in [6.45, 7) is -0.131. The van der Waals surface area contributed by atoms with Crippen LogP contribution in [0.4, 0.5) is 5.69 Å². The number of aromatic hydroxyl groups is 1. The fourth-order valence-electron chi connectivity index (χ4n) is 2.25. The lowest BCUT2D eigenvalue weighted by molar-refractivity contribution is 0.0691. The number of hydrogen-bond acceptors (Lipinski definition) is 7. The molecule has 114 valence electrons. The van der Waals surface area contributed by atoms with E-state index in [-0.39, 0.29) is 23.7 Å². The van der Waals surface area contributed by atoms with Crippen LogP contribution in [-0.2, 0) is 0 Å². The van der Waals surface area contributed by atoms with E-state index in [1.165, 1.54) is 18.2 Å². The van der Waals surface area contributed by atoms with Crippen LogP contribution in [0.3, 0.4) is 0 Å². The predicted molar refractivity (Wildman–Crippen MR) is 76.3 cm³/mol. The summed E-state index contributed by atoms with van der Waals surface area (Å²) in [6, 6.07) is 4.06. The summed E-state index contributed by atoms with van der Waals surface area (Å²) in [4.78, 5) is 13.6. The minimum atomic E-state index is -3.45. The van der Waals surface area contributed by atoms with Gasteiger partial charge in [-0.25, -0.2) is 4.79 Å². The van der Waals surface area contributed by atoms with Crippen molar-refractivity contribution >= 4 is 33.5 Å². The van der Waals surface area contributed by atoms with Crippen molar-refractivity contribution in [3.8, 4) is 5.75 Å². The fraction of sp³-hybridized carbons (Fsp3) is 0.182. The Bertz CT molecular complexity index is 730. The average molecular weight is 315 g/mol. The SMILES string of the molecule is O=C(O)c1cc2cc(O)c(N3CC(O)NS3(O)O)cc2[nH]1. The number of aromatic carboxylic acids is 1. The van der Waals surface area contributed by atoms with Crippen LogP contribution in [0.5, 0.6) is 5.75 Å². The number of anilines is 1. The Kier molecular flexibility index (Phi) is 3.00. The number of benzene rings is 1. The van der Waals surface area contributed by atoms with Gasteiger partial charge in [-0.05, 0) is 18.2 Å². The lowest BCUT2D eigenvalue weighted by Crippen LogP contribution is -2.25. The highest BCUT2D eigenvalue weighted by Crippen LogP contribution is 2.50. The topological polar surface area (TPSA) is 149 Å². The summed E-state index contributed by atoms with van der Waals surface area (Å²) in [7, 11) is -3.45. The number of carboxylic acid groups (broad SMARTS) is 1. The van der Waals surface area contributed by atoms with E-state index in [9.17, 15) is 24.1 Å². The summed E-state index contributed by atoms with van der Waals surface area (Å²) in [6.07, 6.45) is -1.15. The highest BCUT2D eigenvalue weighted by Gasteiger charge is 2.36. The van der Waals surface area contributed by atoms with Crippen LogP contribution in [0.25, 0.3) is 10.9 Å². The number of carboxylic acids is 1. The molecule has 1 saturated heterocycles. The van der Waals surface area contributed by atoms with Crippen molar-refractivity contribution in [2.45, 2.75) is 6.23 Å². The molecule has 0 radical (unpaired) electrons. The minimum Gasteiger partial charge on any atom is -0.506 e. The molecule has 0 aliphatic carbocycles. The quantitative estimate of drug-likeness (QED) is 0.432. The smallest absolute Gasteiger partial charge is 0.352 e. The summed E-state index contributed by atoms with van der Waals surface area (Å²) in [5, 5.41) is 28.9. The van der Waals surface area contributed by atoms with Crippen molar-refractivity contribution in [3.63, 3.8) is 0 Å². The number of phenols is 1. The third-order valence-corrected chi connectivity index (χ3v) is 4.70. The molecule has 1 unspecified atom stereocenters. The van der Waals surface area contributed by atoms with E-state index < -0.39 is 23.2 Å². The summed E-state index contributed by atoms with van der Waals surface area (Å²) < 4.78 is 22.9. The number of rotatable bonds is 2. The molecule has 1 aromatic carbocycles. The third-order valence-electron chi connectivity index (χ3n) is 3.16. The Balaban J connectivity index is 2.11. The summed E-state index contributed by atoms with van der Waals surface area (Å²) >= 11 is 0. The highest BCUT2D eigenvalue weighted by atomic mass is 32.3. The van der Waals surface area contributed by atoms with E-state index in [0.29, 0.717) is 10.9 Å². The molecule has 1 aliphatic rings. The van der Waals surface area contributed by atoms with Crippen molar-refractivity contribution in [2.75, 3.05) is 10.8 Å². The summed E-state index contributed by atoms with van der Waals surface area (Å²) in [5.41, 5.74) is 0.440. The van der Waals surface area contributed by atoms with Crippen molar-refractivity contribution in [3.05, 3.63) is 23.9 Å². The van der Waals surface area contributed by atoms with Crippen LogP contribution in [-0.4, -0.2) is 48.2 Å².